The Labute approximate surface area is 153 Å². The van der Waals surface area contributed by atoms with Crippen molar-refractivity contribution < 1.29 is 13.1 Å². The van der Waals surface area contributed by atoms with Gasteiger partial charge in [0.2, 0.25) is 10.0 Å². The van der Waals surface area contributed by atoms with Crippen molar-refractivity contribution in [1.82, 2.24) is 8.98 Å². The zero-order chi connectivity index (χ0) is 18.9. The lowest BCUT2D eigenvalue weighted by Gasteiger charge is -2.33. The minimum absolute atomic E-state index is 0.0643. The van der Waals surface area contributed by atoms with Crippen LogP contribution in [-0.4, -0.2) is 55.8 Å². The van der Waals surface area contributed by atoms with Gasteiger partial charge in [-0.3, -0.25) is 0 Å². The Kier molecular flexibility index (Phi) is 5.16. The molecule has 0 N–H and O–H groups in total. The predicted octanol–water partition coefficient (Wildman–Crippen LogP) is 2.21. The third kappa shape index (κ3) is 4.12. The van der Waals surface area contributed by atoms with Gasteiger partial charge in [-0.2, -0.15) is 0 Å². The van der Waals surface area contributed by atoms with E-state index in [0.717, 1.165) is 23.8 Å². The van der Waals surface area contributed by atoms with Crippen molar-refractivity contribution in [1.29, 1.82) is 0 Å². The number of likely N-dealkylation sites (N-methyl/N-ethyl adjacent to an activating group) is 1. The highest BCUT2D eigenvalue weighted by molar-refractivity contribution is 7.88. The molecule has 3 rings (SSSR count). The smallest absolute Gasteiger partial charge is 0.218 e. The van der Waals surface area contributed by atoms with Gasteiger partial charge in [-0.25, -0.2) is 17.4 Å². The molecule has 1 aliphatic rings. The van der Waals surface area contributed by atoms with Crippen LogP contribution in [0.4, 0.5) is 0 Å². The Morgan fingerprint density at radius 2 is 1.92 bits per heavy atom. The summed E-state index contributed by atoms with van der Waals surface area (Å²) in [5.74, 6) is -0.0643. The fourth-order valence-corrected chi connectivity index (χ4v) is 4.94. The maximum Gasteiger partial charge on any atom is 0.218 e. The zero-order valence-electron chi connectivity index (χ0n) is 15.1. The van der Waals surface area contributed by atoms with Gasteiger partial charge in [-0.15, -0.1) is 4.91 Å². The Bertz CT molecular complexity index is 909. The number of hydroxylamine groups is 3. The van der Waals surface area contributed by atoms with Crippen LogP contribution in [0, 0.1) is 10.1 Å². The number of hydrogen-bond donors (Lipinski definition) is 0. The topological polar surface area (TPSA) is 94.8 Å². The summed E-state index contributed by atoms with van der Waals surface area (Å²) in [6, 6.07) is 5.23. The Hall–Kier alpha value is -1.81. The SMILES string of the molecule is C[N+](C)([O-])CCc1cn(N=O)c2ccc(CS(=O)(=O)N3CCCC3)cc12. The molecule has 26 heavy (non-hydrogen) atoms. The van der Waals surface area contributed by atoms with E-state index in [1.807, 2.05) is 0 Å². The van der Waals surface area contributed by atoms with Crippen molar-refractivity contribution in [3.63, 3.8) is 0 Å². The normalized spacial score (nSPS) is 16.4. The lowest BCUT2D eigenvalue weighted by atomic mass is 10.1. The monoisotopic (exact) mass is 380 g/mol. The van der Waals surface area contributed by atoms with Crippen molar-refractivity contribution in [3.05, 3.63) is 45.6 Å². The van der Waals surface area contributed by atoms with Gasteiger partial charge < -0.3 is 9.85 Å². The number of rotatable bonds is 7. The standard InChI is InChI=1S/C17H24N4O4S/c1-21(2,23)10-7-15-12-20(18-22)17-6-5-14(11-16(15)17)13-26(24,25)19-8-3-4-9-19/h5-6,11-12H,3-4,7-10,13H2,1-2H3. The molecular weight excluding hydrogens is 356 g/mol. The van der Waals surface area contributed by atoms with Gasteiger partial charge in [-0.05, 0) is 36.1 Å². The molecule has 1 fully saturated rings. The first-order valence-corrected chi connectivity index (χ1v) is 10.3. The number of nitrogens with zero attached hydrogens (tertiary/aromatic N) is 4. The Morgan fingerprint density at radius 1 is 1.23 bits per heavy atom. The number of sulfonamides is 1. The number of fused-ring (bicyclic) bond motifs is 1. The minimum atomic E-state index is -3.34. The summed E-state index contributed by atoms with van der Waals surface area (Å²) in [7, 11) is -0.219. The van der Waals surface area contributed by atoms with Gasteiger partial charge in [0, 0.05) is 31.1 Å². The number of aromatic nitrogens is 1. The van der Waals surface area contributed by atoms with E-state index in [9.17, 15) is 18.5 Å². The third-order valence-electron chi connectivity index (χ3n) is 4.75. The molecular formula is C17H24N4O4S. The van der Waals surface area contributed by atoms with Crippen LogP contribution in [0.1, 0.15) is 24.0 Å². The van der Waals surface area contributed by atoms with Crippen LogP contribution in [0.5, 0.6) is 0 Å². The lowest BCUT2D eigenvalue weighted by molar-refractivity contribution is -0.839. The molecule has 1 aliphatic heterocycles. The van der Waals surface area contributed by atoms with Gasteiger partial charge in [0.1, 0.15) is 0 Å². The highest BCUT2D eigenvalue weighted by Crippen LogP contribution is 2.26. The lowest BCUT2D eigenvalue weighted by Crippen LogP contribution is -2.34. The summed E-state index contributed by atoms with van der Waals surface area (Å²) in [5, 5.41) is 15.6. The van der Waals surface area contributed by atoms with Crippen molar-refractivity contribution >= 4 is 20.9 Å². The molecule has 0 aliphatic carbocycles. The first-order chi connectivity index (χ1) is 12.2. The van der Waals surface area contributed by atoms with E-state index in [0.29, 0.717) is 37.1 Å². The molecule has 9 heteroatoms. The summed E-state index contributed by atoms with van der Waals surface area (Å²) in [4.78, 5) is 11.1. The van der Waals surface area contributed by atoms with Crippen LogP contribution >= 0.6 is 0 Å². The molecule has 0 spiro atoms. The summed E-state index contributed by atoms with van der Waals surface area (Å²) in [5.41, 5.74) is 2.11. The molecule has 142 valence electrons. The van der Waals surface area contributed by atoms with E-state index in [2.05, 4.69) is 5.29 Å². The van der Waals surface area contributed by atoms with Gasteiger partial charge >= 0.3 is 0 Å². The summed E-state index contributed by atoms with van der Waals surface area (Å²) in [6.45, 7) is 1.52. The van der Waals surface area contributed by atoms with Gasteiger partial charge in [0.25, 0.3) is 0 Å². The van der Waals surface area contributed by atoms with Crippen LogP contribution in [0.2, 0.25) is 0 Å². The van der Waals surface area contributed by atoms with E-state index in [1.54, 1.807) is 38.5 Å². The van der Waals surface area contributed by atoms with Gasteiger partial charge in [0.05, 0.1) is 37.2 Å². The summed E-state index contributed by atoms with van der Waals surface area (Å²) in [6.07, 6.45) is 3.91. The van der Waals surface area contributed by atoms with Crippen LogP contribution < -0.4 is 0 Å². The summed E-state index contributed by atoms with van der Waals surface area (Å²) < 4.78 is 27.4. The highest BCUT2D eigenvalue weighted by Gasteiger charge is 2.25. The summed E-state index contributed by atoms with van der Waals surface area (Å²) >= 11 is 0. The predicted molar refractivity (Wildman–Crippen MR) is 101 cm³/mol. The molecule has 8 nitrogen and oxygen atoms in total. The third-order valence-corrected chi connectivity index (χ3v) is 6.60. The molecule has 1 aromatic carbocycles. The maximum absolute atomic E-state index is 12.6. The van der Waals surface area contributed by atoms with E-state index >= 15 is 0 Å². The Morgan fingerprint density at radius 3 is 2.54 bits per heavy atom. The fraction of sp³-hybridized carbons (Fsp3) is 0.529. The number of hydrogen-bond acceptors (Lipinski definition) is 5. The first kappa shape index (κ1) is 19.0. The highest BCUT2D eigenvalue weighted by atomic mass is 32.2. The molecule has 1 saturated heterocycles. The van der Waals surface area contributed by atoms with Crippen LogP contribution in [0.3, 0.4) is 0 Å². The van der Waals surface area contributed by atoms with Crippen molar-refractivity contribution in [3.8, 4) is 0 Å². The second-order valence-electron chi connectivity index (χ2n) is 7.34. The molecule has 2 heterocycles. The Balaban J connectivity index is 1.92. The van der Waals surface area contributed by atoms with Crippen LogP contribution in [0.15, 0.2) is 29.7 Å². The molecule has 0 amide bonds. The molecule has 0 saturated carbocycles. The second-order valence-corrected chi connectivity index (χ2v) is 9.31. The fourth-order valence-electron chi connectivity index (χ4n) is 3.34. The second kappa shape index (κ2) is 7.07. The number of nitroso groups, excluding NO2 is 1. The molecule has 0 radical (unpaired) electrons. The van der Waals surface area contributed by atoms with E-state index in [-0.39, 0.29) is 5.75 Å². The molecule has 0 atom stereocenters. The average Bonchev–Trinajstić information content (AvgIpc) is 3.20. The van der Waals surface area contributed by atoms with Crippen LogP contribution in [0.25, 0.3) is 10.9 Å². The van der Waals surface area contributed by atoms with E-state index in [4.69, 9.17) is 0 Å². The van der Waals surface area contributed by atoms with Crippen LogP contribution in [-0.2, 0) is 22.2 Å². The largest absolute Gasteiger partial charge is 0.633 e. The van der Waals surface area contributed by atoms with Gasteiger partial charge in [-0.1, -0.05) is 6.07 Å². The zero-order valence-corrected chi connectivity index (χ0v) is 15.9. The molecule has 1 aromatic heterocycles. The van der Waals surface area contributed by atoms with Crippen molar-refractivity contribution in [2.75, 3.05) is 33.7 Å². The van der Waals surface area contributed by atoms with E-state index < -0.39 is 14.7 Å². The first-order valence-electron chi connectivity index (χ1n) is 8.68. The van der Waals surface area contributed by atoms with Gasteiger partial charge in [0.15, 0.2) is 0 Å². The molecule has 0 unspecified atom stereocenters. The minimum Gasteiger partial charge on any atom is -0.633 e. The average molecular weight is 380 g/mol. The number of quaternary nitrogens is 1. The van der Waals surface area contributed by atoms with Crippen molar-refractivity contribution in [2.45, 2.75) is 25.0 Å². The molecule has 2 aromatic rings. The maximum atomic E-state index is 12.6. The molecule has 0 bridgehead atoms. The van der Waals surface area contributed by atoms with Crippen molar-refractivity contribution in [2.24, 2.45) is 5.29 Å². The number of benzene rings is 1. The quantitative estimate of drug-likeness (QED) is 0.418. The van der Waals surface area contributed by atoms with E-state index in [1.165, 1.54) is 8.98 Å².